The minimum Gasteiger partial charge on any atom is -0.377 e. The zero-order chi connectivity index (χ0) is 9.52. The van der Waals surface area contributed by atoms with Gasteiger partial charge in [-0.2, -0.15) is 0 Å². The fourth-order valence-electron chi connectivity index (χ4n) is 1.51. The number of rotatable bonds is 4. The molecule has 0 spiro atoms. The topological polar surface area (TPSA) is 21.3 Å². The summed E-state index contributed by atoms with van der Waals surface area (Å²) in [5.74, 6) is 0.784. The van der Waals surface area contributed by atoms with Gasteiger partial charge >= 0.3 is 0 Å². The van der Waals surface area contributed by atoms with Gasteiger partial charge < -0.3 is 10.1 Å². The highest BCUT2D eigenvalue weighted by Crippen LogP contribution is 2.11. The normalized spacial score (nSPS) is 18.6. The molecule has 1 saturated heterocycles. The van der Waals surface area contributed by atoms with Crippen LogP contribution >= 0.6 is 0 Å². The molecule has 0 amide bonds. The van der Waals surface area contributed by atoms with E-state index in [9.17, 15) is 0 Å². The Morgan fingerprint density at radius 3 is 2.69 bits per heavy atom. The van der Waals surface area contributed by atoms with Crippen LogP contribution in [0.2, 0.25) is 0 Å². The first kappa shape index (κ1) is 10.7. The van der Waals surface area contributed by atoms with Gasteiger partial charge in [0.2, 0.25) is 0 Å². The summed E-state index contributed by atoms with van der Waals surface area (Å²) in [6, 6.07) is 0. The average Bonchev–Trinajstić information content (AvgIpc) is 2.14. The molecule has 0 bridgehead atoms. The monoisotopic (exact) mass is 183 g/mol. The second-order valence-electron chi connectivity index (χ2n) is 4.01. The lowest BCUT2D eigenvalue weighted by Crippen LogP contribution is -2.29. The molecule has 2 nitrogen and oxygen atoms in total. The zero-order valence-electron chi connectivity index (χ0n) is 8.81. The summed E-state index contributed by atoms with van der Waals surface area (Å²) >= 11 is 0. The number of allylic oxidation sites excluding steroid dienone is 1. The van der Waals surface area contributed by atoms with Crippen LogP contribution in [-0.2, 0) is 4.74 Å². The van der Waals surface area contributed by atoms with Crippen LogP contribution in [-0.4, -0.2) is 26.3 Å². The van der Waals surface area contributed by atoms with E-state index >= 15 is 0 Å². The maximum absolute atomic E-state index is 5.58. The molecular formula is C11H21NO. The smallest absolute Gasteiger partial charge is 0.0649 e. The van der Waals surface area contributed by atoms with E-state index in [2.05, 4.69) is 25.2 Å². The van der Waals surface area contributed by atoms with Crippen molar-refractivity contribution in [1.29, 1.82) is 0 Å². The molecule has 0 unspecified atom stereocenters. The predicted molar refractivity (Wildman–Crippen MR) is 55.8 cm³/mol. The van der Waals surface area contributed by atoms with Gasteiger partial charge in [0.05, 0.1) is 6.61 Å². The van der Waals surface area contributed by atoms with Gasteiger partial charge in [0.15, 0.2) is 0 Å². The number of hydrogen-bond donors (Lipinski definition) is 1. The lowest BCUT2D eigenvalue weighted by Gasteiger charge is -2.21. The largest absolute Gasteiger partial charge is 0.377 e. The van der Waals surface area contributed by atoms with Crippen LogP contribution < -0.4 is 5.32 Å². The van der Waals surface area contributed by atoms with E-state index in [0.717, 1.165) is 32.2 Å². The van der Waals surface area contributed by atoms with Crippen molar-refractivity contribution >= 4 is 0 Å². The minimum atomic E-state index is 0.784. The fraction of sp³-hybridized carbons (Fsp3) is 0.818. The molecule has 1 rings (SSSR count). The standard InChI is InChI=1S/C11H21NO/c1-10(2)5-8-13-9-11-3-6-12-7-4-11/h5,11-12H,3-4,6-9H2,1-2H3. The third-order valence-electron chi connectivity index (χ3n) is 2.42. The van der Waals surface area contributed by atoms with Crippen molar-refractivity contribution in [1.82, 2.24) is 5.32 Å². The van der Waals surface area contributed by atoms with Crippen molar-refractivity contribution in [2.24, 2.45) is 5.92 Å². The Morgan fingerprint density at radius 1 is 1.38 bits per heavy atom. The maximum atomic E-state index is 5.58. The summed E-state index contributed by atoms with van der Waals surface area (Å²) in [5, 5.41) is 3.36. The van der Waals surface area contributed by atoms with E-state index in [4.69, 9.17) is 4.74 Å². The first-order valence-electron chi connectivity index (χ1n) is 5.21. The summed E-state index contributed by atoms with van der Waals surface area (Å²) < 4.78 is 5.58. The van der Waals surface area contributed by atoms with E-state index in [0.29, 0.717) is 0 Å². The quantitative estimate of drug-likeness (QED) is 0.531. The molecule has 0 saturated carbocycles. The Balaban J connectivity index is 2.01. The van der Waals surface area contributed by atoms with Crippen molar-refractivity contribution in [3.63, 3.8) is 0 Å². The molecular weight excluding hydrogens is 162 g/mol. The first-order valence-corrected chi connectivity index (χ1v) is 5.21. The summed E-state index contributed by atoms with van der Waals surface area (Å²) in [6.45, 7) is 8.26. The minimum absolute atomic E-state index is 0.784. The molecule has 0 aliphatic carbocycles. The molecule has 0 aromatic carbocycles. The summed E-state index contributed by atoms with van der Waals surface area (Å²) in [7, 11) is 0. The lowest BCUT2D eigenvalue weighted by molar-refractivity contribution is 0.108. The van der Waals surface area contributed by atoms with Crippen molar-refractivity contribution in [2.75, 3.05) is 26.3 Å². The van der Waals surface area contributed by atoms with Gasteiger partial charge in [0, 0.05) is 6.61 Å². The summed E-state index contributed by atoms with van der Waals surface area (Å²) in [5.41, 5.74) is 1.34. The lowest BCUT2D eigenvalue weighted by atomic mass is 9.99. The molecule has 1 fully saturated rings. The zero-order valence-corrected chi connectivity index (χ0v) is 8.81. The van der Waals surface area contributed by atoms with Crippen LogP contribution in [0.1, 0.15) is 26.7 Å². The van der Waals surface area contributed by atoms with E-state index in [1.165, 1.54) is 18.4 Å². The van der Waals surface area contributed by atoms with Crippen molar-refractivity contribution in [3.05, 3.63) is 11.6 Å². The molecule has 2 heteroatoms. The number of nitrogens with one attached hydrogen (secondary N) is 1. The van der Waals surface area contributed by atoms with Crippen LogP contribution in [0.3, 0.4) is 0 Å². The number of hydrogen-bond acceptors (Lipinski definition) is 2. The molecule has 76 valence electrons. The Hall–Kier alpha value is -0.340. The van der Waals surface area contributed by atoms with E-state index in [1.807, 2.05) is 0 Å². The number of piperidine rings is 1. The highest BCUT2D eigenvalue weighted by molar-refractivity contribution is 4.92. The SMILES string of the molecule is CC(C)=CCOCC1CCNCC1. The second kappa shape index (κ2) is 6.17. The van der Waals surface area contributed by atoms with Crippen molar-refractivity contribution in [2.45, 2.75) is 26.7 Å². The Bertz CT molecular complexity index is 155. The number of ether oxygens (including phenoxy) is 1. The Kier molecular flexibility index (Phi) is 5.09. The van der Waals surface area contributed by atoms with Gasteiger partial charge in [0.25, 0.3) is 0 Å². The molecule has 1 heterocycles. The van der Waals surface area contributed by atoms with Crippen LogP contribution in [0.25, 0.3) is 0 Å². The molecule has 13 heavy (non-hydrogen) atoms. The summed E-state index contributed by atoms with van der Waals surface area (Å²) in [4.78, 5) is 0. The molecule has 0 radical (unpaired) electrons. The molecule has 0 aromatic heterocycles. The third-order valence-corrected chi connectivity index (χ3v) is 2.42. The van der Waals surface area contributed by atoms with Gasteiger partial charge in [0.1, 0.15) is 0 Å². The first-order chi connectivity index (χ1) is 6.29. The van der Waals surface area contributed by atoms with Crippen molar-refractivity contribution < 1.29 is 4.74 Å². The summed E-state index contributed by atoms with van der Waals surface area (Å²) in [6.07, 6.45) is 4.69. The highest BCUT2D eigenvalue weighted by Gasteiger charge is 2.11. The van der Waals surface area contributed by atoms with Crippen LogP contribution in [0.15, 0.2) is 11.6 Å². The molecule has 0 atom stereocenters. The maximum Gasteiger partial charge on any atom is 0.0649 e. The average molecular weight is 183 g/mol. The highest BCUT2D eigenvalue weighted by atomic mass is 16.5. The Morgan fingerprint density at radius 2 is 2.08 bits per heavy atom. The Labute approximate surface area is 81.4 Å². The second-order valence-corrected chi connectivity index (χ2v) is 4.01. The van der Waals surface area contributed by atoms with Gasteiger partial charge in [-0.05, 0) is 45.7 Å². The van der Waals surface area contributed by atoms with E-state index < -0.39 is 0 Å². The van der Waals surface area contributed by atoms with E-state index in [-0.39, 0.29) is 0 Å². The van der Waals surface area contributed by atoms with E-state index in [1.54, 1.807) is 0 Å². The molecule has 0 aromatic rings. The van der Waals surface area contributed by atoms with Gasteiger partial charge in [-0.3, -0.25) is 0 Å². The predicted octanol–water partition coefficient (Wildman–Crippen LogP) is 1.97. The molecule has 1 aliphatic rings. The molecule has 1 N–H and O–H groups in total. The van der Waals surface area contributed by atoms with Crippen molar-refractivity contribution in [3.8, 4) is 0 Å². The third kappa shape index (κ3) is 5.06. The van der Waals surface area contributed by atoms with Gasteiger partial charge in [-0.25, -0.2) is 0 Å². The molecule has 1 aliphatic heterocycles. The fourth-order valence-corrected chi connectivity index (χ4v) is 1.51. The van der Waals surface area contributed by atoms with Crippen LogP contribution in [0.5, 0.6) is 0 Å². The van der Waals surface area contributed by atoms with Gasteiger partial charge in [-0.1, -0.05) is 11.6 Å². The van der Waals surface area contributed by atoms with Crippen LogP contribution in [0, 0.1) is 5.92 Å². The van der Waals surface area contributed by atoms with Crippen LogP contribution in [0.4, 0.5) is 0 Å². The van der Waals surface area contributed by atoms with Gasteiger partial charge in [-0.15, -0.1) is 0 Å².